The molecule has 1 rings (SSSR count). The topological polar surface area (TPSA) is 87.6 Å². The van der Waals surface area contributed by atoms with Crippen molar-refractivity contribution >= 4 is 11.4 Å². The molecule has 19 heavy (non-hydrogen) atoms. The van der Waals surface area contributed by atoms with Crippen molar-refractivity contribution in [3.63, 3.8) is 0 Å². The smallest absolute Gasteiger partial charge is 0.292 e. The van der Waals surface area contributed by atoms with Crippen LogP contribution in [0.1, 0.15) is 26.3 Å². The minimum Gasteiger partial charge on any atom is -0.393 e. The third kappa shape index (κ3) is 5.67. The zero-order chi connectivity index (χ0) is 14.5. The van der Waals surface area contributed by atoms with Gasteiger partial charge in [-0.15, -0.1) is 0 Å². The summed E-state index contributed by atoms with van der Waals surface area (Å²) in [4.78, 5) is 10.2. The largest absolute Gasteiger partial charge is 0.393 e. The van der Waals surface area contributed by atoms with Crippen LogP contribution in [0.3, 0.4) is 0 Å². The molecule has 2 N–H and O–H groups in total. The fourth-order valence-corrected chi connectivity index (χ4v) is 1.43. The maximum absolute atomic E-state index is 10.7. The molecule has 6 nitrogen and oxygen atoms in total. The van der Waals surface area contributed by atoms with Crippen LogP contribution >= 0.6 is 0 Å². The first-order valence-corrected chi connectivity index (χ1v) is 6.04. The molecule has 106 valence electrons. The summed E-state index contributed by atoms with van der Waals surface area (Å²) in [7, 11) is 0. The van der Waals surface area contributed by atoms with Gasteiger partial charge in [0.2, 0.25) is 0 Å². The monoisotopic (exact) mass is 268 g/mol. The third-order valence-corrected chi connectivity index (χ3v) is 2.32. The number of hydrogen-bond donors (Lipinski definition) is 1. The van der Waals surface area contributed by atoms with Crippen LogP contribution < -0.4 is 5.73 Å². The molecule has 0 radical (unpaired) electrons. The molecule has 0 saturated heterocycles. The quantitative estimate of drug-likeness (QED) is 0.370. The summed E-state index contributed by atoms with van der Waals surface area (Å²) in [5.41, 5.74) is 6.11. The standard InChI is InChI=1S/C13H20N2O4/c1-13(2,3)19-7-6-18-9-10-4-5-11(14)12(8-10)15(16)17/h4-5,8H,6-7,9,14H2,1-3H3. The summed E-state index contributed by atoms with van der Waals surface area (Å²) in [5, 5.41) is 10.7. The highest BCUT2D eigenvalue weighted by atomic mass is 16.6. The Kier molecular flexibility index (Phi) is 5.26. The van der Waals surface area contributed by atoms with Gasteiger partial charge in [0.25, 0.3) is 5.69 Å². The highest BCUT2D eigenvalue weighted by Crippen LogP contribution is 2.22. The Morgan fingerprint density at radius 3 is 2.58 bits per heavy atom. The summed E-state index contributed by atoms with van der Waals surface area (Å²) in [6, 6.07) is 4.66. The van der Waals surface area contributed by atoms with Crippen molar-refractivity contribution < 1.29 is 14.4 Å². The van der Waals surface area contributed by atoms with Gasteiger partial charge in [-0.1, -0.05) is 6.07 Å². The minimum atomic E-state index is -0.498. The van der Waals surface area contributed by atoms with Crippen LogP contribution in [0, 0.1) is 10.1 Å². The zero-order valence-corrected chi connectivity index (χ0v) is 11.5. The fourth-order valence-electron chi connectivity index (χ4n) is 1.43. The van der Waals surface area contributed by atoms with Gasteiger partial charge in [-0.05, 0) is 32.4 Å². The molecule has 1 aromatic rings. The van der Waals surface area contributed by atoms with Gasteiger partial charge in [-0.25, -0.2) is 0 Å². The minimum absolute atomic E-state index is 0.0907. The first kappa shape index (κ1) is 15.4. The Bertz CT molecular complexity index is 441. The van der Waals surface area contributed by atoms with E-state index in [1.54, 1.807) is 6.07 Å². The lowest BCUT2D eigenvalue weighted by Crippen LogP contribution is -2.21. The summed E-state index contributed by atoms with van der Waals surface area (Å²) in [5.74, 6) is 0. The molecule has 0 bridgehead atoms. The zero-order valence-electron chi connectivity index (χ0n) is 11.5. The number of rotatable bonds is 6. The molecule has 0 fully saturated rings. The van der Waals surface area contributed by atoms with E-state index in [4.69, 9.17) is 15.2 Å². The number of ether oxygens (including phenoxy) is 2. The van der Waals surface area contributed by atoms with Gasteiger partial charge in [-0.3, -0.25) is 10.1 Å². The van der Waals surface area contributed by atoms with Crippen LogP contribution in [0.2, 0.25) is 0 Å². The number of benzene rings is 1. The van der Waals surface area contributed by atoms with Gasteiger partial charge < -0.3 is 15.2 Å². The Morgan fingerprint density at radius 2 is 2.00 bits per heavy atom. The summed E-state index contributed by atoms with van der Waals surface area (Å²) in [6.45, 7) is 7.13. The molecule has 0 amide bonds. The predicted octanol–water partition coefficient (Wildman–Crippen LogP) is 2.51. The van der Waals surface area contributed by atoms with Gasteiger partial charge in [-0.2, -0.15) is 0 Å². The summed E-state index contributed by atoms with van der Waals surface area (Å²) >= 11 is 0. The summed E-state index contributed by atoms with van der Waals surface area (Å²) < 4.78 is 10.9. The Labute approximate surface area is 112 Å². The van der Waals surface area contributed by atoms with Crippen LogP contribution in [0.5, 0.6) is 0 Å². The number of nitrogens with two attached hydrogens (primary N) is 1. The van der Waals surface area contributed by atoms with Crippen molar-refractivity contribution in [1.82, 2.24) is 0 Å². The van der Waals surface area contributed by atoms with E-state index in [-0.39, 0.29) is 17.0 Å². The van der Waals surface area contributed by atoms with E-state index in [2.05, 4.69) is 0 Å². The van der Waals surface area contributed by atoms with E-state index in [1.807, 2.05) is 20.8 Å². The maximum Gasteiger partial charge on any atom is 0.292 e. The molecule has 0 aliphatic heterocycles. The summed E-state index contributed by atoms with van der Waals surface area (Å²) in [6.07, 6.45) is 0. The second kappa shape index (κ2) is 6.49. The van der Waals surface area contributed by atoms with Crippen molar-refractivity contribution in [2.24, 2.45) is 0 Å². The van der Waals surface area contributed by atoms with E-state index in [0.717, 1.165) is 5.56 Å². The molecule has 0 aliphatic rings. The number of nitrogens with zero attached hydrogens (tertiary/aromatic N) is 1. The number of nitro groups is 1. The van der Waals surface area contributed by atoms with Gasteiger partial charge in [0.15, 0.2) is 0 Å². The molecule has 0 aromatic heterocycles. The predicted molar refractivity (Wildman–Crippen MR) is 72.9 cm³/mol. The molecule has 0 aliphatic carbocycles. The molecule has 1 aromatic carbocycles. The Morgan fingerprint density at radius 1 is 1.32 bits per heavy atom. The average molecular weight is 268 g/mol. The second-order valence-corrected chi connectivity index (χ2v) is 5.16. The van der Waals surface area contributed by atoms with Crippen LogP contribution in [0.25, 0.3) is 0 Å². The number of hydrogen-bond acceptors (Lipinski definition) is 5. The lowest BCUT2D eigenvalue weighted by molar-refractivity contribution is -0.384. The van der Waals surface area contributed by atoms with Crippen LogP contribution in [0.4, 0.5) is 11.4 Å². The molecular formula is C13H20N2O4. The highest BCUT2D eigenvalue weighted by Gasteiger charge is 2.12. The molecule has 0 saturated carbocycles. The van der Waals surface area contributed by atoms with Gasteiger partial charge in [0.1, 0.15) is 5.69 Å². The fraction of sp³-hybridized carbons (Fsp3) is 0.538. The van der Waals surface area contributed by atoms with Crippen LogP contribution in [-0.2, 0) is 16.1 Å². The lowest BCUT2D eigenvalue weighted by atomic mass is 10.2. The lowest BCUT2D eigenvalue weighted by Gasteiger charge is -2.19. The number of nitro benzene ring substituents is 1. The Hall–Kier alpha value is -1.66. The molecule has 0 heterocycles. The van der Waals surface area contributed by atoms with Crippen molar-refractivity contribution in [2.75, 3.05) is 18.9 Å². The van der Waals surface area contributed by atoms with Crippen LogP contribution in [0.15, 0.2) is 18.2 Å². The van der Waals surface area contributed by atoms with Crippen molar-refractivity contribution in [3.8, 4) is 0 Å². The molecule has 0 spiro atoms. The normalized spacial score (nSPS) is 11.5. The van der Waals surface area contributed by atoms with Crippen molar-refractivity contribution in [1.29, 1.82) is 0 Å². The van der Waals surface area contributed by atoms with E-state index in [9.17, 15) is 10.1 Å². The Balaban J connectivity index is 2.42. The van der Waals surface area contributed by atoms with E-state index >= 15 is 0 Å². The van der Waals surface area contributed by atoms with Gasteiger partial charge >= 0.3 is 0 Å². The highest BCUT2D eigenvalue weighted by molar-refractivity contribution is 5.59. The van der Waals surface area contributed by atoms with Gasteiger partial charge in [0, 0.05) is 6.07 Å². The third-order valence-electron chi connectivity index (χ3n) is 2.32. The second-order valence-electron chi connectivity index (χ2n) is 5.16. The first-order valence-electron chi connectivity index (χ1n) is 6.04. The van der Waals surface area contributed by atoms with Crippen molar-refractivity contribution in [2.45, 2.75) is 33.0 Å². The average Bonchev–Trinajstić information content (AvgIpc) is 2.29. The van der Waals surface area contributed by atoms with Gasteiger partial charge in [0.05, 0.1) is 30.3 Å². The SMILES string of the molecule is CC(C)(C)OCCOCc1ccc(N)c([N+](=O)[O-])c1. The maximum atomic E-state index is 10.7. The first-order chi connectivity index (χ1) is 8.79. The molecule has 0 atom stereocenters. The number of nitrogen functional groups attached to an aromatic ring is 1. The van der Waals surface area contributed by atoms with E-state index in [0.29, 0.717) is 19.8 Å². The van der Waals surface area contributed by atoms with E-state index in [1.165, 1.54) is 12.1 Å². The molecular weight excluding hydrogens is 248 g/mol. The molecule has 0 unspecified atom stereocenters. The van der Waals surface area contributed by atoms with Crippen LogP contribution in [-0.4, -0.2) is 23.7 Å². The van der Waals surface area contributed by atoms with E-state index < -0.39 is 4.92 Å². The van der Waals surface area contributed by atoms with Crippen molar-refractivity contribution in [3.05, 3.63) is 33.9 Å². The number of anilines is 1. The molecule has 6 heteroatoms.